The third-order valence-corrected chi connectivity index (χ3v) is 6.69. The third-order valence-electron chi connectivity index (χ3n) is 4.44. The van der Waals surface area contributed by atoms with Crippen molar-refractivity contribution in [1.29, 1.82) is 0 Å². The van der Waals surface area contributed by atoms with E-state index in [1.54, 1.807) is 12.1 Å². The maximum absolute atomic E-state index is 12.1. The van der Waals surface area contributed by atoms with Crippen LogP contribution in [0.5, 0.6) is 0 Å². The second kappa shape index (κ2) is 14.2. The van der Waals surface area contributed by atoms with E-state index in [-0.39, 0.29) is 11.9 Å². The van der Waals surface area contributed by atoms with E-state index in [2.05, 4.69) is 23.8 Å². The van der Waals surface area contributed by atoms with Crippen molar-refractivity contribution in [2.45, 2.75) is 75.3 Å². The molecule has 0 atom stereocenters. The zero-order valence-electron chi connectivity index (χ0n) is 17.8. The average molecular weight is 453 g/mol. The lowest BCUT2D eigenvalue weighted by atomic mass is 10.2. The number of ether oxygens (including phenoxy) is 2. The van der Waals surface area contributed by atoms with E-state index < -0.39 is 0 Å². The summed E-state index contributed by atoms with van der Waals surface area (Å²) >= 11 is 0. The van der Waals surface area contributed by atoms with Crippen LogP contribution < -0.4 is 0 Å². The Kier molecular flexibility index (Phi) is 11.6. The van der Waals surface area contributed by atoms with Gasteiger partial charge in [-0.15, -0.1) is 0 Å². The van der Waals surface area contributed by atoms with Gasteiger partial charge in [0.05, 0.1) is 23.3 Å². The van der Waals surface area contributed by atoms with Crippen molar-refractivity contribution >= 4 is 33.5 Å². The van der Waals surface area contributed by atoms with Crippen molar-refractivity contribution in [3.8, 4) is 0 Å². The van der Waals surface area contributed by atoms with Crippen LogP contribution in [0.4, 0.5) is 0 Å². The molecule has 2 aromatic rings. The summed E-state index contributed by atoms with van der Waals surface area (Å²) in [6.07, 6.45) is 8.59. The Bertz CT molecular complexity index is 709. The SMILES string of the molecule is CCCCCCOC(=O)c1ccc(SSc2ccc(C(=O)OCCCCCC)[nH]2)[nH]1. The molecule has 8 heteroatoms. The summed E-state index contributed by atoms with van der Waals surface area (Å²) < 4.78 is 10.6. The van der Waals surface area contributed by atoms with Crippen molar-refractivity contribution in [1.82, 2.24) is 9.97 Å². The van der Waals surface area contributed by atoms with Crippen molar-refractivity contribution in [2.75, 3.05) is 13.2 Å². The summed E-state index contributed by atoms with van der Waals surface area (Å²) in [7, 11) is 2.94. The van der Waals surface area contributed by atoms with Gasteiger partial charge in [-0.3, -0.25) is 0 Å². The Morgan fingerprint density at radius 3 is 1.53 bits per heavy atom. The second-order valence-electron chi connectivity index (χ2n) is 7.03. The molecule has 2 rings (SSSR count). The van der Waals surface area contributed by atoms with Crippen LogP contribution in [0.25, 0.3) is 0 Å². The Morgan fingerprint density at radius 2 is 1.13 bits per heavy atom. The maximum Gasteiger partial charge on any atom is 0.354 e. The number of esters is 2. The van der Waals surface area contributed by atoms with Gasteiger partial charge in [0.1, 0.15) is 11.4 Å². The number of rotatable bonds is 15. The number of aromatic amines is 2. The fourth-order valence-corrected chi connectivity index (χ4v) is 4.57. The maximum atomic E-state index is 12.1. The third kappa shape index (κ3) is 8.92. The van der Waals surface area contributed by atoms with Gasteiger partial charge in [-0.2, -0.15) is 0 Å². The minimum absolute atomic E-state index is 0.327. The first kappa shape index (κ1) is 24.5. The fraction of sp³-hybridized carbons (Fsp3) is 0.545. The predicted molar refractivity (Wildman–Crippen MR) is 122 cm³/mol. The molecular formula is C22H32N2O4S2. The summed E-state index contributed by atoms with van der Waals surface area (Å²) in [5.74, 6) is -0.653. The van der Waals surface area contributed by atoms with Crippen LogP contribution in [0, 0.1) is 0 Å². The van der Waals surface area contributed by atoms with Crippen molar-refractivity contribution < 1.29 is 19.1 Å². The smallest absolute Gasteiger partial charge is 0.354 e. The number of H-pyrrole nitrogens is 2. The first-order valence-electron chi connectivity index (χ1n) is 10.7. The molecule has 0 spiro atoms. The molecule has 0 unspecified atom stereocenters. The van der Waals surface area contributed by atoms with Crippen LogP contribution >= 0.6 is 21.6 Å². The van der Waals surface area contributed by atoms with E-state index in [0.29, 0.717) is 24.6 Å². The monoisotopic (exact) mass is 452 g/mol. The second-order valence-corrected chi connectivity index (χ2v) is 9.25. The Morgan fingerprint density at radius 1 is 0.700 bits per heavy atom. The molecule has 30 heavy (non-hydrogen) atoms. The molecule has 0 saturated heterocycles. The van der Waals surface area contributed by atoms with E-state index in [0.717, 1.165) is 61.4 Å². The van der Waals surface area contributed by atoms with E-state index in [9.17, 15) is 9.59 Å². The molecular weight excluding hydrogens is 420 g/mol. The summed E-state index contributed by atoms with van der Waals surface area (Å²) in [5.41, 5.74) is 0.903. The molecule has 0 aromatic carbocycles. The number of carbonyl (C=O) groups is 2. The molecule has 2 aromatic heterocycles. The molecule has 2 N–H and O–H groups in total. The van der Waals surface area contributed by atoms with E-state index in [4.69, 9.17) is 9.47 Å². The Hall–Kier alpha value is -1.80. The molecule has 0 fully saturated rings. The largest absolute Gasteiger partial charge is 0.461 e. The Balaban J connectivity index is 1.71. The summed E-state index contributed by atoms with van der Waals surface area (Å²) in [5, 5.41) is 1.68. The highest BCUT2D eigenvalue weighted by molar-refractivity contribution is 8.76. The topological polar surface area (TPSA) is 84.2 Å². The normalized spacial score (nSPS) is 10.9. The van der Waals surface area contributed by atoms with Crippen molar-refractivity contribution in [2.24, 2.45) is 0 Å². The van der Waals surface area contributed by atoms with E-state index in [1.807, 2.05) is 12.1 Å². The zero-order chi connectivity index (χ0) is 21.6. The van der Waals surface area contributed by atoms with Gasteiger partial charge in [0, 0.05) is 0 Å². The number of nitrogens with one attached hydrogen (secondary N) is 2. The summed E-state index contributed by atoms with van der Waals surface area (Å²) in [6.45, 7) is 5.21. The first-order valence-corrected chi connectivity index (χ1v) is 12.9. The summed E-state index contributed by atoms with van der Waals surface area (Å²) in [6, 6.07) is 7.15. The number of unbranched alkanes of at least 4 members (excludes halogenated alkanes) is 6. The first-order chi connectivity index (χ1) is 14.6. The highest BCUT2D eigenvalue weighted by atomic mass is 33.1. The highest BCUT2D eigenvalue weighted by Gasteiger charge is 2.13. The molecule has 0 amide bonds. The zero-order valence-corrected chi connectivity index (χ0v) is 19.5. The number of hydrogen-bond donors (Lipinski definition) is 2. The number of hydrogen-bond acceptors (Lipinski definition) is 6. The van der Waals surface area contributed by atoms with Gasteiger partial charge in [0.15, 0.2) is 0 Å². The molecule has 0 aliphatic rings. The lowest BCUT2D eigenvalue weighted by Crippen LogP contribution is -2.06. The molecule has 0 aliphatic carbocycles. The molecule has 0 radical (unpaired) electrons. The van der Waals surface area contributed by atoms with Crippen LogP contribution in [-0.4, -0.2) is 35.1 Å². The van der Waals surface area contributed by atoms with Gasteiger partial charge in [-0.05, 0) is 58.7 Å². The lowest BCUT2D eigenvalue weighted by molar-refractivity contribution is 0.0482. The quantitative estimate of drug-likeness (QED) is 0.179. The summed E-state index contributed by atoms with van der Waals surface area (Å²) in [4.78, 5) is 30.3. The van der Waals surface area contributed by atoms with Crippen LogP contribution in [0.2, 0.25) is 0 Å². The van der Waals surface area contributed by atoms with Gasteiger partial charge in [0.25, 0.3) is 0 Å². The van der Waals surface area contributed by atoms with Gasteiger partial charge in [-0.1, -0.05) is 52.4 Å². The van der Waals surface area contributed by atoms with Gasteiger partial charge in [0.2, 0.25) is 0 Å². The fourth-order valence-electron chi connectivity index (χ4n) is 2.72. The lowest BCUT2D eigenvalue weighted by Gasteiger charge is -2.03. The van der Waals surface area contributed by atoms with E-state index in [1.165, 1.54) is 21.6 Å². The minimum Gasteiger partial charge on any atom is -0.461 e. The molecule has 6 nitrogen and oxygen atoms in total. The van der Waals surface area contributed by atoms with Crippen LogP contribution in [-0.2, 0) is 9.47 Å². The van der Waals surface area contributed by atoms with Gasteiger partial charge >= 0.3 is 11.9 Å². The minimum atomic E-state index is -0.327. The van der Waals surface area contributed by atoms with Crippen molar-refractivity contribution in [3.05, 3.63) is 35.7 Å². The highest BCUT2D eigenvalue weighted by Crippen LogP contribution is 2.36. The average Bonchev–Trinajstić information content (AvgIpc) is 3.41. The molecule has 2 heterocycles. The van der Waals surface area contributed by atoms with Crippen LogP contribution in [0.15, 0.2) is 34.3 Å². The number of carbonyl (C=O) groups excluding carboxylic acids is 2. The Labute approximate surface area is 186 Å². The predicted octanol–water partition coefficient (Wildman–Crippen LogP) is 6.62. The molecule has 0 saturated carbocycles. The van der Waals surface area contributed by atoms with Crippen LogP contribution in [0.3, 0.4) is 0 Å². The standard InChI is InChI=1S/C22H32N2O4S2/c1-3-5-7-9-15-27-21(25)17-11-13-19(23-17)29-30-20-14-12-18(24-20)22(26)28-16-10-8-6-4-2/h11-14,23-24H,3-10,15-16H2,1-2H3. The molecule has 0 bridgehead atoms. The molecule has 0 aliphatic heterocycles. The van der Waals surface area contributed by atoms with E-state index >= 15 is 0 Å². The van der Waals surface area contributed by atoms with Crippen LogP contribution in [0.1, 0.15) is 86.2 Å². The van der Waals surface area contributed by atoms with Gasteiger partial charge in [-0.25, -0.2) is 9.59 Å². The number of aromatic nitrogens is 2. The van der Waals surface area contributed by atoms with Gasteiger partial charge < -0.3 is 19.4 Å². The van der Waals surface area contributed by atoms with Crippen molar-refractivity contribution in [3.63, 3.8) is 0 Å². The molecule has 166 valence electrons.